The molecule has 2 amide bonds. The number of carbonyl (C=O) groups is 1. The summed E-state index contributed by atoms with van der Waals surface area (Å²) in [6, 6.07) is 4.66. The fourth-order valence-electron chi connectivity index (χ4n) is 1.32. The Balaban J connectivity index is 2.47. The van der Waals surface area contributed by atoms with E-state index < -0.39 is 16.1 Å². The van der Waals surface area contributed by atoms with Crippen molar-refractivity contribution in [3.05, 3.63) is 28.8 Å². The smallest absolute Gasteiger partial charge is 0.319 e. The summed E-state index contributed by atoms with van der Waals surface area (Å²) in [5.41, 5.74) is 1.46. The molecule has 0 aromatic heterocycles. The van der Waals surface area contributed by atoms with Gasteiger partial charge in [0.1, 0.15) is 0 Å². The molecule has 0 fully saturated rings. The van der Waals surface area contributed by atoms with E-state index in [4.69, 9.17) is 11.6 Å². The number of nitrogens with one attached hydrogen (secondary N) is 2. The van der Waals surface area contributed by atoms with Gasteiger partial charge in [0.25, 0.3) is 0 Å². The molecule has 6 nitrogen and oxygen atoms in total. The molecule has 0 heterocycles. The minimum atomic E-state index is -3.31. The number of hydrogen-bond donors (Lipinski definition) is 2. The summed E-state index contributed by atoms with van der Waals surface area (Å²) in [6.45, 7) is 1.89. The van der Waals surface area contributed by atoms with Crippen LogP contribution in [0.15, 0.2) is 18.2 Å². The van der Waals surface area contributed by atoms with Gasteiger partial charge in [-0.3, -0.25) is 0 Å². The van der Waals surface area contributed by atoms with Gasteiger partial charge in [-0.05, 0) is 24.6 Å². The minimum Gasteiger partial charge on any atom is -0.337 e. The van der Waals surface area contributed by atoms with Crippen LogP contribution in [0.5, 0.6) is 0 Å². The first-order valence-corrected chi connectivity index (χ1v) is 7.92. The molecular formula is C12H18ClN3O3S. The summed E-state index contributed by atoms with van der Waals surface area (Å²) < 4.78 is 24.1. The first-order chi connectivity index (χ1) is 9.22. The third-order valence-electron chi connectivity index (χ3n) is 2.63. The van der Waals surface area contributed by atoms with Crippen LogP contribution in [0.1, 0.15) is 5.56 Å². The Morgan fingerprint density at radius 1 is 1.35 bits per heavy atom. The first kappa shape index (κ1) is 16.7. The van der Waals surface area contributed by atoms with E-state index in [1.54, 1.807) is 18.2 Å². The predicted molar refractivity (Wildman–Crippen MR) is 80.7 cm³/mol. The van der Waals surface area contributed by atoms with Crippen LogP contribution in [0.2, 0.25) is 5.02 Å². The van der Waals surface area contributed by atoms with Crippen molar-refractivity contribution in [2.45, 2.75) is 6.92 Å². The minimum absolute atomic E-state index is 0.0337. The Morgan fingerprint density at radius 3 is 2.55 bits per heavy atom. The van der Waals surface area contributed by atoms with E-state index in [1.807, 2.05) is 6.92 Å². The van der Waals surface area contributed by atoms with Gasteiger partial charge in [0.2, 0.25) is 10.0 Å². The van der Waals surface area contributed by atoms with Crippen LogP contribution in [0.4, 0.5) is 10.5 Å². The highest BCUT2D eigenvalue weighted by molar-refractivity contribution is 7.89. The Bertz CT molecular complexity index is 588. The monoisotopic (exact) mass is 319 g/mol. The van der Waals surface area contributed by atoms with Gasteiger partial charge in [-0.25, -0.2) is 17.5 Å². The molecule has 0 aliphatic heterocycles. The summed E-state index contributed by atoms with van der Waals surface area (Å²) in [4.78, 5) is 11.6. The van der Waals surface area contributed by atoms with Crippen LogP contribution in [0.3, 0.4) is 0 Å². The van der Waals surface area contributed by atoms with Gasteiger partial charge in [-0.1, -0.05) is 17.7 Å². The van der Waals surface area contributed by atoms with E-state index in [9.17, 15) is 13.2 Å². The Hall–Kier alpha value is -1.31. The second-order valence-corrected chi connectivity index (χ2v) is 7.15. The van der Waals surface area contributed by atoms with E-state index in [0.29, 0.717) is 10.7 Å². The van der Waals surface area contributed by atoms with E-state index in [1.165, 1.54) is 14.1 Å². The topological polar surface area (TPSA) is 78.5 Å². The van der Waals surface area contributed by atoms with Crippen LogP contribution in [-0.2, 0) is 10.0 Å². The molecule has 0 aliphatic carbocycles. The second kappa shape index (κ2) is 6.92. The van der Waals surface area contributed by atoms with Crippen LogP contribution >= 0.6 is 11.6 Å². The molecule has 8 heteroatoms. The van der Waals surface area contributed by atoms with Crippen LogP contribution in [-0.4, -0.2) is 45.1 Å². The fourth-order valence-corrected chi connectivity index (χ4v) is 2.23. The standard InChI is InChI=1S/C12H18ClN3O3S/c1-9-4-5-10(8-11(9)13)15-12(17)14-6-7-20(18,19)16(2)3/h4-5,8H,6-7H2,1-3H3,(H2,14,15,17). The lowest BCUT2D eigenvalue weighted by Gasteiger charge is -2.12. The summed E-state index contributed by atoms with van der Waals surface area (Å²) in [5, 5.41) is 5.61. The summed E-state index contributed by atoms with van der Waals surface area (Å²) >= 11 is 5.94. The molecule has 0 unspecified atom stereocenters. The number of carbonyl (C=O) groups excluding carboxylic acids is 1. The number of anilines is 1. The molecule has 0 saturated carbocycles. The van der Waals surface area contributed by atoms with Gasteiger partial charge in [-0.15, -0.1) is 0 Å². The van der Waals surface area contributed by atoms with Gasteiger partial charge in [-0.2, -0.15) is 0 Å². The van der Waals surface area contributed by atoms with Crippen molar-refractivity contribution >= 4 is 33.3 Å². The maximum absolute atomic E-state index is 11.6. The second-order valence-electron chi connectivity index (χ2n) is 4.44. The number of amides is 2. The summed E-state index contributed by atoms with van der Waals surface area (Å²) in [6.07, 6.45) is 0. The third kappa shape index (κ3) is 4.99. The normalized spacial score (nSPS) is 11.4. The van der Waals surface area contributed by atoms with Crippen LogP contribution < -0.4 is 10.6 Å². The highest BCUT2D eigenvalue weighted by Crippen LogP contribution is 2.19. The molecule has 20 heavy (non-hydrogen) atoms. The molecule has 0 bridgehead atoms. The molecule has 0 atom stereocenters. The maximum atomic E-state index is 11.6. The van der Waals surface area contributed by atoms with Crippen molar-refractivity contribution in [3.8, 4) is 0 Å². The maximum Gasteiger partial charge on any atom is 0.319 e. The molecular weight excluding hydrogens is 302 g/mol. The van der Waals surface area contributed by atoms with Crippen molar-refractivity contribution in [2.75, 3.05) is 31.7 Å². The number of sulfonamides is 1. The lowest BCUT2D eigenvalue weighted by molar-refractivity contribution is 0.252. The molecule has 1 rings (SSSR count). The predicted octanol–water partition coefficient (Wildman–Crippen LogP) is 1.66. The number of halogens is 1. The molecule has 0 spiro atoms. The quantitative estimate of drug-likeness (QED) is 0.866. The highest BCUT2D eigenvalue weighted by atomic mass is 35.5. The number of nitrogens with zero attached hydrogens (tertiary/aromatic N) is 1. The number of aryl methyl sites for hydroxylation is 1. The number of benzene rings is 1. The zero-order chi connectivity index (χ0) is 15.3. The average molecular weight is 320 g/mol. The Labute approximate surface area is 124 Å². The van der Waals surface area contributed by atoms with Crippen molar-refractivity contribution in [3.63, 3.8) is 0 Å². The van der Waals surface area contributed by atoms with Crippen LogP contribution in [0, 0.1) is 6.92 Å². The van der Waals surface area contributed by atoms with Crippen molar-refractivity contribution in [2.24, 2.45) is 0 Å². The number of hydrogen-bond acceptors (Lipinski definition) is 3. The molecule has 0 radical (unpaired) electrons. The van der Waals surface area contributed by atoms with Gasteiger partial charge < -0.3 is 10.6 Å². The van der Waals surface area contributed by atoms with Gasteiger partial charge >= 0.3 is 6.03 Å². The van der Waals surface area contributed by atoms with Crippen molar-refractivity contribution < 1.29 is 13.2 Å². The van der Waals surface area contributed by atoms with Gasteiger partial charge in [0.05, 0.1) is 5.75 Å². The molecule has 0 aliphatic rings. The van der Waals surface area contributed by atoms with E-state index >= 15 is 0 Å². The van der Waals surface area contributed by atoms with Crippen molar-refractivity contribution in [1.82, 2.24) is 9.62 Å². The Kier molecular flexibility index (Phi) is 5.79. The summed E-state index contributed by atoms with van der Waals surface area (Å²) in [7, 11) is -0.413. The first-order valence-electron chi connectivity index (χ1n) is 5.93. The summed E-state index contributed by atoms with van der Waals surface area (Å²) in [5.74, 6) is -0.151. The fraction of sp³-hybridized carbons (Fsp3) is 0.417. The Morgan fingerprint density at radius 2 is 2.00 bits per heavy atom. The molecule has 1 aromatic carbocycles. The molecule has 2 N–H and O–H groups in total. The lowest BCUT2D eigenvalue weighted by atomic mass is 10.2. The lowest BCUT2D eigenvalue weighted by Crippen LogP contribution is -2.36. The van der Waals surface area contributed by atoms with E-state index in [-0.39, 0.29) is 12.3 Å². The average Bonchev–Trinajstić information content (AvgIpc) is 2.33. The molecule has 1 aromatic rings. The highest BCUT2D eigenvalue weighted by Gasteiger charge is 2.13. The molecule has 112 valence electrons. The molecule has 0 saturated heterocycles. The zero-order valence-corrected chi connectivity index (χ0v) is 13.2. The number of rotatable bonds is 5. The van der Waals surface area contributed by atoms with Gasteiger partial charge in [0.15, 0.2) is 0 Å². The largest absolute Gasteiger partial charge is 0.337 e. The van der Waals surface area contributed by atoms with Crippen molar-refractivity contribution in [1.29, 1.82) is 0 Å². The van der Waals surface area contributed by atoms with E-state index in [2.05, 4.69) is 10.6 Å². The van der Waals surface area contributed by atoms with Crippen LogP contribution in [0.25, 0.3) is 0 Å². The van der Waals surface area contributed by atoms with Gasteiger partial charge in [0, 0.05) is 31.4 Å². The zero-order valence-electron chi connectivity index (χ0n) is 11.6. The van der Waals surface area contributed by atoms with E-state index in [0.717, 1.165) is 9.87 Å². The SMILES string of the molecule is Cc1ccc(NC(=O)NCCS(=O)(=O)N(C)C)cc1Cl. The third-order valence-corrected chi connectivity index (χ3v) is 4.87. The number of urea groups is 1.